The number of aryl methyl sites for hydroxylation is 1. The molecule has 0 amide bonds. The van der Waals surface area contributed by atoms with Crippen LogP contribution in [0.3, 0.4) is 0 Å². The number of benzene rings is 2. The molecule has 0 radical (unpaired) electrons. The Balaban J connectivity index is 1.60. The lowest BCUT2D eigenvalue weighted by Gasteiger charge is -2.28. The number of unbranched alkanes of at least 4 members (excludes halogenated alkanes) is 7. The molecule has 0 saturated carbocycles. The molecule has 188 valence electrons. The van der Waals surface area contributed by atoms with Gasteiger partial charge in [0.25, 0.3) is 0 Å². The zero-order valence-corrected chi connectivity index (χ0v) is 21.8. The average Bonchev–Trinajstić information content (AvgIpc) is 2.81. The molecule has 0 aliphatic carbocycles. The highest BCUT2D eigenvalue weighted by Gasteiger charge is 2.21. The highest BCUT2D eigenvalue weighted by Crippen LogP contribution is 2.21. The molecule has 2 rings (SSSR count). The first-order valence-corrected chi connectivity index (χ1v) is 13.2. The molecule has 34 heavy (non-hydrogen) atoms. The van der Waals surface area contributed by atoms with E-state index < -0.39 is 0 Å². The molecule has 0 bridgehead atoms. The number of hydrogen-bond donors (Lipinski definition) is 0. The molecule has 0 atom stereocenters. The number of quaternary nitrogens is 1. The smallest absolute Gasteiger partial charge is 0.361 e. The lowest BCUT2D eigenvalue weighted by atomic mass is 10.0. The van der Waals surface area contributed by atoms with E-state index in [2.05, 4.69) is 51.4 Å². The second-order valence-electron chi connectivity index (χ2n) is 9.99. The van der Waals surface area contributed by atoms with Gasteiger partial charge < -0.3 is 14.0 Å². The van der Waals surface area contributed by atoms with Crippen LogP contribution >= 0.6 is 0 Å². The molecule has 4 nitrogen and oxygen atoms in total. The molecule has 0 aliphatic heterocycles. The molecule has 4 heteroatoms. The van der Waals surface area contributed by atoms with Gasteiger partial charge in [0, 0.05) is 12.0 Å². The maximum atomic E-state index is 12.3. The monoisotopic (exact) mass is 468 g/mol. The summed E-state index contributed by atoms with van der Waals surface area (Å²) < 4.78 is 12.1. The van der Waals surface area contributed by atoms with Gasteiger partial charge in [0.15, 0.2) is 6.54 Å². The van der Waals surface area contributed by atoms with Crippen molar-refractivity contribution >= 4 is 5.97 Å². The van der Waals surface area contributed by atoms with E-state index in [0.717, 1.165) is 18.7 Å². The Morgan fingerprint density at radius 1 is 0.765 bits per heavy atom. The van der Waals surface area contributed by atoms with Gasteiger partial charge in [-0.25, -0.2) is 4.79 Å². The topological polar surface area (TPSA) is 35.5 Å². The van der Waals surface area contributed by atoms with Crippen molar-refractivity contribution in [2.45, 2.75) is 77.7 Å². The molecule has 0 N–H and O–H groups in total. The van der Waals surface area contributed by atoms with Gasteiger partial charge >= 0.3 is 5.97 Å². The molecule has 0 aliphatic rings. The first-order chi connectivity index (χ1) is 16.5. The minimum Gasteiger partial charge on any atom is -0.493 e. The Kier molecular flexibility index (Phi) is 13.4. The summed E-state index contributed by atoms with van der Waals surface area (Å²) in [6, 6.07) is 18.6. The van der Waals surface area contributed by atoms with Gasteiger partial charge in [0.1, 0.15) is 12.3 Å². The van der Waals surface area contributed by atoms with Gasteiger partial charge in [-0.2, -0.15) is 0 Å². The maximum Gasteiger partial charge on any atom is 0.361 e. The molecular formula is C30H46NO3+. The lowest BCUT2D eigenvalue weighted by molar-refractivity contribution is -0.896. The largest absolute Gasteiger partial charge is 0.493 e. The van der Waals surface area contributed by atoms with Gasteiger partial charge in [-0.05, 0) is 24.5 Å². The lowest BCUT2D eigenvalue weighted by Crippen LogP contribution is -2.43. The minimum atomic E-state index is -0.156. The average molecular weight is 469 g/mol. The number of likely N-dealkylation sites (N-methyl/N-ethyl adjacent to an activating group) is 1. The molecular weight excluding hydrogens is 422 g/mol. The van der Waals surface area contributed by atoms with Crippen LogP contribution in [0.2, 0.25) is 0 Å². The number of nitrogens with zero attached hydrogens (tertiary/aromatic N) is 1. The first kappa shape index (κ1) is 27.9. The molecule has 0 spiro atoms. The van der Waals surface area contributed by atoms with Crippen LogP contribution in [-0.2, 0) is 22.5 Å². The number of carbonyl (C=O) groups excluding carboxylic acids is 1. The molecule has 2 aromatic rings. The number of carbonyl (C=O) groups is 1. The highest BCUT2D eigenvalue weighted by atomic mass is 16.5. The molecule has 0 unspecified atom stereocenters. The summed E-state index contributed by atoms with van der Waals surface area (Å²) >= 11 is 0. The zero-order valence-electron chi connectivity index (χ0n) is 21.8. The number of hydrogen-bond acceptors (Lipinski definition) is 3. The Labute approximate surface area is 207 Å². The van der Waals surface area contributed by atoms with Crippen molar-refractivity contribution in [3.05, 3.63) is 65.7 Å². The van der Waals surface area contributed by atoms with E-state index in [-0.39, 0.29) is 5.97 Å². The number of ether oxygens (including phenoxy) is 2. The quantitative estimate of drug-likeness (QED) is 0.135. The van der Waals surface area contributed by atoms with Crippen LogP contribution in [0.5, 0.6) is 5.75 Å². The second-order valence-corrected chi connectivity index (χ2v) is 9.99. The van der Waals surface area contributed by atoms with E-state index in [9.17, 15) is 4.79 Å². The molecule has 0 heterocycles. The number of para-hydroxylation sites is 1. The van der Waals surface area contributed by atoms with E-state index in [1.807, 2.05) is 24.3 Å². The van der Waals surface area contributed by atoms with Crippen molar-refractivity contribution in [3.8, 4) is 5.75 Å². The van der Waals surface area contributed by atoms with Crippen LogP contribution in [-0.4, -0.2) is 44.3 Å². The fraction of sp³-hybridized carbons (Fsp3) is 0.567. The summed E-state index contributed by atoms with van der Waals surface area (Å²) in [5, 5.41) is 0. The summed E-state index contributed by atoms with van der Waals surface area (Å²) in [5.74, 6) is 0.813. The third-order valence-electron chi connectivity index (χ3n) is 6.09. The Morgan fingerprint density at radius 2 is 1.41 bits per heavy atom. The van der Waals surface area contributed by atoms with Crippen LogP contribution < -0.4 is 4.74 Å². The third-order valence-corrected chi connectivity index (χ3v) is 6.09. The standard InChI is InChI=1S/C30H46NO3/c1-4-5-6-7-8-9-10-14-20-28-21-15-16-22-29(28)33-23-17-24-34-30(32)26-31(2,3)25-27-18-12-11-13-19-27/h11-13,15-16,18-19,21-22H,4-10,14,17,20,23-26H2,1-3H3/q+1. The predicted molar refractivity (Wildman–Crippen MR) is 141 cm³/mol. The Bertz CT molecular complexity index is 804. The van der Waals surface area contributed by atoms with Gasteiger partial charge in [0.05, 0.1) is 27.3 Å². The van der Waals surface area contributed by atoms with Crippen molar-refractivity contribution in [1.29, 1.82) is 0 Å². The third kappa shape index (κ3) is 12.2. The highest BCUT2D eigenvalue weighted by molar-refractivity contribution is 5.70. The van der Waals surface area contributed by atoms with Crippen molar-refractivity contribution < 1.29 is 18.8 Å². The fourth-order valence-corrected chi connectivity index (χ4v) is 4.26. The van der Waals surface area contributed by atoms with Crippen molar-refractivity contribution in [2.24, 2.45) is 0 Å². The predicted octanol–water partition coefficient (Wildman–Crippen LogP) is 6.96. The number of esters is 1. The van der Waals surface area contributed by atoms with Gasteiger partial charge in [-0.15, -0.1) is 0 Å². The summed E-state index contributed by atoms with van der Waals surface area (Å²) in [7, 11) is 4.11. The van der Waals surface area contributed by atoms with E-state index >= 15 is 0 Å². The molecule has 0 saturated heterocycles. The SMILES string of the molecule is CCCCCCCCCCc1ccccc1OCCCOC(=O)C[N+](C)(C)Cc1ccccc1. The molecule has 0 aromatic heterocycles. The van der Waals surface area contributed by atoms with Crippen molar-refractivity contribution in [2.75, 3.05) is 33.9 Å². The zero-order chi connectivity index (χ0) is 24.5. The fourth-order valence-electron chi connectivity index (χ4n) is 4.26. The van der Waals surface area contributed by atoms with Crippen molar-refractivity contribution in [3.63, 3.8) is 0 Å². The summed E-state index contributed by atoms with van der Waals surface area (Å²) in [6.45, 7) is 4.38. The Morgan fingerprint density at radius 3 is 2.15 bits per heavy atom. The summed E-state index contributed by atoms with van der Waals surface area (Å²) in [6.07, 6.45) is 12.4. The van der Waals surface area contributed by atoms with Crippen LogP contribution in [0.15, 0.2) is 54.6 Å². The Hall–Kier alpha value is -2.33. The van der Waals surface area contributed by atoms with E-state index in [1.165, 1.54) is 62.5 Å². The van der Waals surface area contributed by atoms with E-state index in [4.69, 9.17) is 9.47 Å². The summed E-state index contributed by atoms with van der Waals surface area (Å²) in [4.78, 5) is 12.3. The van der Waals surface area contributed by atoms with E-state index in [0.29, 0.717) is 30.7 Å². The number of rotatable bonds is 18. The maximum absolute atomic E-state index is 12.3. The second kappa shape index (κ2) is 16.3. The summed E-state index contributed by atoms with van der Waals surface area (Å²) in [5.41, 5.74) is 2.50. The minimum absolute atomic E-state index is 0.156. The van der Waals surface area contributed by atoms with Gasteiger partial charge in [-0.1, -0.05) is 100 Å². The van der Waals surface area contributed by atoms with Gasteiger partial charge in [-0.3, -0.25) is 0 Å². The molecule has 0 fully saturated rings. The van der Waals surface area contributed by atoms with E-state index in [1.54, 1.807) is 0 Å². The van der Waals surface area contributed by atoms with Gasteiger partial charge in [0.2, 0.25) is 0 Å². The van der Waals surface area contributed by atoms with Crippen LogP contribution in [0.4, 0.5) is 0 Å². The molecule has 2 aromatic carbocycles. The van der Waals surface area contributed by atoms with Crippen LogP contribution in [0.25, 0.3) is 0 Å². The van der Waals surface area contributed by atoms with Crippen LogP contribution in [0.1, 0.15) is 75.8 Å². The first-order valence-electron chi connectivity index (χ1n) is 13.2. The van der Waals surface area contributed by atoms with Crippen LogP contribution in [0, 0.1) is 0 Å². The normalized spacial score (nSPS) is 11.4. The van der Waals surface area contributed by atoms with Crippen molar-refractivity contribution in [1.82, 2.24) is 0 Å².